The van der Waals surface area contributed by atoms with Crippen LogP contribution in [0.5, 0.6) is 0 Å². The van der Waals surface area contributed by atoms with E-state index >= 15 is 0 Å². The Balaban J connectivity index is 2.70. The Morgan fingerprint density at radius 2 is 2.07 bits per heavy atom. The van der Waals surface area contributed by atoms with E-state index in [1.54, 1.807) is 6.07 Å². The number of aromatic nitrogens is 1. The summed E-state index contributed by atoms with van der Waals surface area (Å²) in [6.45, 7) is 6.39. The second-order valence-electron chi connectivity index (χ2n) is 4.79. The third kappa shape index (κ3) is 3.42. The lowest BCUT2D eigenvalue weighted by molar-refractivity contribution is 0.342. The zero-order chi connectivity index (χ0) is 10.8. The molecule has 0 spiro atoms. The molecule has 78 valence electrons. The summed E-state index contributed by atoms with van der Waals surface area (Å²) in [6, 6.07) is 2.97. The van der Waals surface area contributed by atoms with Crippen molar-refractivity contribution in [2.45, 2.75) is 33.2 Å². The topological polar surface area (TPSA) is 38.9 Å². The van der Waals surface area contributed by atoms with Gasteiger partial charge in [-0.15, -0.1) is 0 Å². The van der Waals surface area contributed by atoms with Gasteiger partial charge >= 0.3 is 0 Å². The van der Waals surface area contributed by atoms with Crippen LogP contribution in [0, 0.1) is 11.4 Å². The fourth-order valence-electron chi connectivity index (χ4n) is 1.38. The van der Waals surface area contributed by atoms with Gasteiger partial charge in [0.15, 0.2) is 0 Å². The van der Waals surface area contributed by atoms with E-state index in [2.05, 4.69) is 25.8 Å². The van der Waals surface area contributed by atoms with Crippen molar-refractivity contribution in [3.63, 3.8) is 0 Å². The van der Waals surface area contributed by atoms with Crippen LogP contribution in [0.4, 0.5) is 4.39 Å². The lowest BCUT2D eigenvalue weighted by Crippen LogP contribution is -2.18. The van der Waals surface area contributed by atoms with Gasteiger partial charge in [0.1, 0.15) is 0 Å². The van der Waals surface area contributed by atoms with Crippen LogP contribution in [0.25, 0.3) is 0 Å². The largest absolute Gasteiger partial charge is 0.324 e. The first kappa shape index (κ1) is 11.1. The first-order chi connectivity index (χ1) is 6.38. The molecule has 0 aliphatic carbocycles. The lowest BCUT2D eigenvalue weighted by atomic mass is 9.86. The molecule has 1 aromatic heterocycles. The fourth-order valence-corrected chi connectivity index (χ4v) is 1.38. The molecule has 1 atom stereocenters. The van der Waals surface area contributed by atoms with Gasteiger partial charge in [-0.1, -0.05) is 26.8 Å². The molecule has 0 amide bonds. The minimum Gasteiger partial charge on any atom is -0.324 e. The highest BCUT2D eigenvalue weighted by atomic mass is 19.1. The molecule has 1 aromatic rings. The van der Waals surface area contributed by atoms with Crippen LogP contribution in [0.2, 0.25) is 0 Å². The Morgan fingerprint density at radius 3 is 2.50 bits per heavy atom. The maximum absolute atomic E-state index is 12.5. The quantitative estimate of drug-likeness (QED) is 0.738. The molecule has 1 rings (SSSR count). The van der Waals surface area contributed by atoms with Crippen LogP contribution < -0.4 is 5.73 Å². The molecule has 0 aliphatic heterocycles. The van der Waals surface area contributed by atoms with E-state index in [-0.39, 0.29) is 11.5 Å². The molecule has 3 heteroatoms. The van der Waals surface area contributed by atoms with Crippen molar-refractivity contribution in [3.05, 3.63) is 29.8 Å². The van der Waals surface area contributed by atoms with Crippen molar-refractivity contribution in [2.24, 2.45) is 11.1 Å². The summed E-state index contributed by atoms with van der Waals surface area (Å²) in [7, 11) is 0. The average Bonchev–Trinajstić information content (AvgIpc) is 2.02. The van der Waals surface area contributed by atoms with Crippen LogP contribution in [-0.2, 0) is 0 Å². The summed E-state index contributed by atoms with van der Waals surface area (Å²) in [5.41, 5.74) is 7.03. The van der Waals surface area contributed by atoms with E-state index in [4.69, 9.17) is 5.73 Å². The molecule has 0 saturated carbocycles. The highest BCUT2D eigenvalue weighted by molar-refractivity contribution is 5.14. The van der Waals surface area contributed by atoms with Crippen molar-refractivity contribution in [1.82, 2.24) is 4.98 Å². The zero-order valence-electron chi connectivity index (χ0n) is 8.92. The Hall–Kier alpha value is -0.960. The third-order valence-electron chi connectivity index (χ3n) is 2.01. The molecule has 2 N–H and O–H groups in total. The number of nitrogens with zero attached hydrogens (tertiary/aromatic N) is 1. The molecule has 2 nitrogen and oxygen atoms in total. The highest BCUT2D eigenvalue weighted by Gasteiger charge is 2.17. The number of hydrogen-bond donors (Lipinski definition) is 1. The minimum atomic E-state index is -0.461. The van der Waals surface area contributed by atoms with E-state index < -0.39 is 5.95 Å². The SMILES string of the molecule is CC(C)(C)CC(N)c1ccc(F)nc1. The van der Waals surface area contributed by atoms with Crippen molar-refractivity contribution in [2.75, 3.05) is 0 Å². The molecule has 14 heavy (non-hydrogen) atoms. The van der Waals surface area contributed by atoms with Crippen LogP contribution >= 0.6 is 0 Å². The summed E-state index contributed by atoms with van der Waals surface area (Å²) in [6.07, 6.45) is 2.37. The Kier molecular flexibility index (Phi) is 3.21. The van der Waals surface area contributed by atoms with Crippen LogP contribution in [0.15, 0.2) is 18.3 Å². The summed E-state index contributed by atoms with van der Waals surface area (Å²) in [4.78, 5) is 3.58. The number of rotatable bonds is 2. The predicted octanol–water partition coefficient (Wildman–Crippen LogP) is 2.66. The van der Waals surface area contributed by atoms with Crippen LogP contribution in [0.3, 0.4) is 0 Å². The molecule has 0 fully saturated rings. The third-order valence-corrected chi connectivity index (χ3v) is 2.01. The maximum atomic E-state index is 12.5. The average molecular weight is 196 g/mol. The molecule has 0 radical (unpaired) electrons. The maximum Gasteiger partial charge on any atom is 0.212 e. The van der Waals surface area contributed by atoms with Gasteiger partial charge < -0.3 is 5.73 Å². The van der Waals surface area contributed by atoms with Crippen LogP contribution in [-0.4, -0.2) is 4.98 Å². The summed E-state index contributed by atoms with van der Waals surface area (Å²) < 4.78 is 12.5. The number of halogens is 1. The number of pyridine rings is 1. The Bertz CT molecular complexity index is 287. The molecular weight excluding hydrogens is 179 g/mol. The summed E-state index contributed by atoms with van der Waals surface area (Å²) >= 11 is 0. The van der Waals surface area contributed by atoms with Gasteiger partial charge in [-0.05, 0) is 23.5 Å². The van der Waals surface area contributed by atoms with Gasteiger partial charge in [0.25, 0.3) is 0 Å². The van der Waals surface area contributed by atoms with Crippen LogP contribution in [0.1, 0.15) is 38.8 Å². The van der Waals surface area contributed by atoms with Gasteiger partial charge in [-0.2, -0.15) is 4.39 Å². The van der Waals surface area contributed by atoms with Crippen molar-refractivity contribution < 1.29 is 4.39 Å². The zero-order valence-corrected chi connectivity index (χ0v) is 8.92. The van der Waals surface area contributed by atoms with E-state index in [0.29, 0.717) is 0 Å². The Labute approximate surface area is 84.3 Å². The highest BCUT2D eigenvalue weighted by Crippen LogP contribution is 2.27. The number of nitrogens with two attached hydrogens (primary N) is 1. The van der Waals surface area contributed by atoms with E-state index in [1.807, 2.05) is 0 Å². The normalized spacial score (nSPS) is 14.1. The van der Waals surface area contributed by atoms with E-state index in [1.165, 1.54) is 12.3 Å². The monoisotopic (exact) mass is 196 g/mol. The van der Waals surface area contributed by atoms with Gasteiger partial charge in [0, 0.05) is 12.2 Å². The van der Waals surface area contributed by atoms with Gasteiger partial charge in [-0.25, -0.2) is 4.98 Å². The first-order valence-corrected chi connectivity index (χ1v) is 4.75. The Morgan fingerprint density at radius 1 is 1.43 bits per heavy atom. The summed E-state index contributed by atoms with van der Waals surface area (Å²) in [5, 5.41) is 0. The molecule has 1 heterocycles. The molecule has 0 aliphatic rings. The fraction of sp³-hybridized carbons (Fsp3) is 0.545. The van der Waals surface area contributed by atoms with Crippen molar-refractivity contribution in [1.29, 1.82) is 0 Å². The second-order valence-corrected chi connectivity index (χ2v) is 4.79. The molecule has 1 unspecified atom stereocenters. The summed E-state index contributed by atoms with van der Waals surface area (Å²) in [5.74, 6) is -0.461. The van der Waals surface area contributed by atoms with Gasteiger partial charge in [0.05, 0.1) is 0 Å². The lowest BCUT2D eigenvalue weighted by Gasteiger charge is -2.23. The van der Waals surface area contributed by atoms with Crippen molar-refractivity contribution >= 4 is 0 Å². The van der Waals surface area contributed by atoms with Crippen molar-refractivity contribution in [3.8, 4) is 0 Å². The smallest absolute Gasteiger partial charge is 0.212 e. The number of hydrogen-bond acceptors (Lipinski definition) is 2. The van der Waals surface area contributed by atoms with E-state index in [0.717, 1.165) is 12.0 Å². The first-order valence-electron chi connectivity index (χ1n) is 4.75. The van der Waals surface area contributed by atoms with Gasteiger partial charge in [0.2, 0.25) is 5.95 Å². The molecule has 0 aromatic carbocycles. The molecular formula is C11H17FN2. The predicted molar refractivity (Wildman–Crippen MR) is 55.2 cm³/mol. The van der Waals surface area contributed by atoms with Gasteiger partial charge in [-0.3, -0.25) is 0 Å². The second kappa shape index (κ2) is 4.05. The van der Waals surface area contributed by atoms with E-state index in [9.17, 15) is 4.39 Å². The standard InChI is InChI=1S/C11H17FN2/c1-11(2,3)6-9(13)8-4-5-10(12)14-7-8/h4-5,7,9H,6,13H2,1-3H3. The minimum absolute atomic E-state index is 0.0666. The molecule has 0 saturated heterocycles. The molecule has 0 bridgehead atoms.